The molecule has 0 aromatic carbocycles. The van der Waals surface area contributed by atoms with Crippen molar-refractivity contribution < 1.29 is 18.7 Å². The molecule has 1 aromatic rings. The van der Waals surface area contributed by atoms with Crippen LogP contribution in [0.1, 0.15) is 60.9 Å². The normalized spacial score (nSPS) is 15.7. The highest BCUT2D eigenvalue weighted by molar-refractivity contribution is 5.93. The zero-order valence-corrected chi connectivity index (χ0v) is 14.1. The van der Waals surface area contributed by atoms with Gasteiger partial charge < -0.3 is 14.5 Å². The van der Waals surface area contributed by atoms with Crippen molar-refractivity contribution >= 4 is 11.9 Å². The van der Waals surface area contributed by atoms with Gasteiger partial charge in [0.15, 0.2) is 6.10 Å². The van der Waals surface area contributed by atoms with Crippen molar-refractivity contribution in [1.82, 2.24) is 5.32 Å². The second-order valence-electron chi connectivity index (χ2n) is 6.02. The maximum Gasteiger partial charge on any atom is 0.342 e. The number of carbonyl (C=O) groups excluding carboxylic acids is 2. The van der Waals surface area contributed by atoms with E-state index in [1.807, 2.05) is 0 Å². The summed E-state index contributed by atoms with van der Waals surface area (Å²) in [6, 6.07) is 1.62. The number of nitrogens with one attached hydrogen (secondary N) is 1. The van der Waals surface area contributed by atoms with E-state index in [9.17, 15) is 9.59 Å². The largest absolute Gasteiger partial charge is 0.466 e. The van der Waals surface area contributed by atoms with Crippen molar-refractivity contribution in [1.29, 1.82) is 0 Å². The van der Waals surface area contributed by atoms with Gasteiger partial charge in [0.2, 0.25) is 0 Å². The van der Waals surface area contributed by atoms with Gasteiger partial charge in [-0.05, 0) is 58.9 Å². The molecule has 1 aliphatic carbocycles. The van der Waals surface area contributed by atoms with E-state index in [0.29, 0.717) is 23.6 Å². The van der Waals surface area contributed by atoms with Crippen LogP contribution in [0.25, 0.3) is 0 Å². The Labute approximate surface area is 137 Å². The molecule has 0 spiro atoms. The summed E-state index contributed by atoms with van der Waals surface area (Å²) in [6.07, 6.45) is 7.07. The number of hydrogen-bond acceptors (Lipinski definition) is 4. The predicted molar refractivity (Wildman–Crippen MR) is 87.2 cm³/mol. The molecule has 0 radical (unpaired) electrons. The Bertz CT molecular complexity index is 600. The maximum absolute atomic E-state index is 12.0. The van der Waals surface area contributed by atoms with Crippen molar-refractivity contribution in [2.45, 2.75) is 59.0 Å². The average Bonchev–Trinajstić information content (AvgIpc) is 2.87. The molecule has 1 aromatic heterocycles. The standard InChI is InChI=1S/C18H25NO4/c1-12-11-16(13(2)22-12)18(21)23-14(3)17(20)19-10-9-15-7-5-4-6-8-15/h7,11,14H,4-6,8-10H2,1-3H3,(H,19,20)/t14-/m0/s1. The molecule has 0 saturated carbocycles. The van der Waals surface area contributed by atoms with Crippen molar-refractivity contribution in [3.63, 3.8) is 0 Å². The van der Waals surface area contributed by atoms with Crippen LogP contribution in [0, 0.1) is 13.8 Å². The minimum absolute atomic E-state index is 0.271. The number of allylic oxidation sites excluding steroid dienone is 1. The predicted octanol–water partition coefficient (Wildman–Crippen LogP) is 3.45. The summed E-state index contributed by atoms with van der Waals surface area (Å²) in [4.78, 5) is 24.1. The number of carbonyl (C=O) groups is 2. The highest BCUT2D eigenvalue weighted by Gasteiger charge is 2.21. The lowest BCUT2D eigenvalue weighted by molar-refractivity contribution is -0.129. The molecule has 0 saturated heterocycles. The van der Waals surface area contributed by atoms with Gasteiger partial charge in [-0.2, -0.15) is 0 Å². The third-order valence-corrected chi connectivity index (χ3v) is 4.04. The Hall–Kier alpha value is -2.04. The quantitative estimate of drug-likeness (QED) is 0.644. The van der Waals surface area contributed by atoms with Crippen LogP contribution in [0.3, 0.4) is 0 Å². The van der Waals surface area contributed by atoms with E-state index in [-0.39, 0.29) is 5.91 Å². The van der Waals surface area contributed by atoms with Gasteiger partial charge in [0, 0.05) is 6.54 Å². The molecule has 0 fully saturated rings. The molecule has 1 aliphatic rings. The summed E-state index contributed by atoms with van der Waals surface area (Å²) in [5, 5.41) is 2.83. The van der Waals surface area contributed by atoms with Crippen LogP contribution in [-0.4, -0.2) is 24.5 Å². The summed E-state index contributed by atoms with van der Waals surface area (Å²) >= 11 is 0. The molecular formula is C18H25NO4. The Morgan fingerprint density at radius 2 is 2.13 bits per heavy atom. The first-order valence-electron chi connectivity index (χ1n) is 8.21. The summed E-state index contributed by atoms with van der Waals surface area (Å²) in [5.74, 6) is 0.348. The van der Waals surface area contributed by atoms with Crippen LogP contribution in [0.4, 0.5) is 0 Å². The van der Waals surface area contributed by atoms with Crippen LogP contribution in [0.2, 0.25) is 0 Å². The molecule has 23 heavy (non-hydrogen) atoms. The van der Waals surface area contributed by atoms with Gasteiger partial charge >= 0.3 is 5.97 Å². The Morgan fingerprint density at radius 1 is 1.35 bits per heavy atom. The topological polar surface area (TPSA) is 68.5 Å². The van der Waals surface area contributed by atoms with Crippen molar-refractivity contribution in [3.8, 4) is 0 Å². The fourth-order valence-corrected chi connectivity index (χ4v) is 2.73. The molecule has 1 heterocycles. The maximum atomic E-state index is 12.0. The van der Waals surface area contributed by atoms with Crippen LogP contribution in [0.15, 0.2) is 22.1 Å². The zero-order valence-electron chi connectivity index (χ0n) is 14.1. The van der Waals surface area contributed by atoms with Crippen molar-refractivity contribution in [2.24, 2.45) is 0 Å². The molecule has 0 bridgehead atoms. The van der Waals surface area contributed by atoms with Crippen molar-refractivity contribution in [3.05, 3.63) is 34.8 Å². The second-order valence-corrected chi connectivity index (χ2v) is 6.02. The summed E-state index contributed by atoms with van der Waals surface area (Å²) < 4.78 is 10.5. The third kappa shape index (κ3) is 4.98. The lowest BCUT2D eigenvalue weighted by Gasteiger charge is -2.15. The number of amides is 1. The summed E-state index contributed by atoms with van der Waals surface area (Å²) in [7, 11) is 0. The average molecular weight is 319 g/mol. The first-order chi connectivity index (χ1) is 11.0. The fraction of sp³-hybridized carbons (Fsp3) is 0.556. The first kappa shape index (κ1) is 17.3. The van der Waals surface area contributed by atoms with Crippen molar-refractivity contribution in [2.75, 3.05) is 6.54 Å². The van der Waals surface area contributed by atoms with Gasteiger partial charge in [0.25, 0.3) is 5.91 Å². The van der Waals surface area contributed by atoms with Crippen LogP contribution in [0.5, 0.6) is 0 Å². The molecule has 1 atom stereocenters. The van der Waals surface area contributed by atoms with E-state index in [2.05, 4.69) is 11.4 Å². The number of ether oxygens (including phenoxy) is 1. The van der Waals surface area contributed by atoms with Gasteiger partial charge in [-0.1, -0.05) is 11.6 Å². The van der Waals surface area contributed by atoms with Crippen LogP contribution >= 0.6 is 0 Å². The molecular weight excluding hydrogens is 294 g/mol. The minimum atomic E-state index is -0.822. The van der Waals surface area contributed by atoms with Gasteiger partial charge in [-0.3, -0.25) is 4.79 Å². The molecule has 0 unspecified atom stereocenters. The summed E-state index contributed by atoms with van der Waals surface area (Å²) in [6.45, 7) is 5.62. The Balaban J connectivity index is 1.77. The van der Waals surface area contributed by atoms with Crippen LogP contribution < -0.4 is 5.32 Å². The first-order valence-corrected chi connectivity index (χ1v) is 8.21. The number of furan rings is 1. The lowest BCUT2D eigenvalue weighted by Crippen LogP contribution is -2.36. The van der Waals surface area contributed by atoms with Gasteiger partial charge in [-0.15, -0.1) is 0 Å². The van der Waals surface area contributed by atoms with E-state index in [1.54, 1.807) is 26.8 Å². The second kappa shape index (κ2) is 7.99. The smallest absolute Gasteiger partial charge is 0.342 e. The number of aryl methyl sites for hydroxylation is 2. The van der Waals surface area contributed by atoms with Gasteiger partial charge in [-0.25, -0.2) is 4.79 Å². The molecule has 0 aliphatic heterocycles. The number of rotatable bonds is 6. The molecule has 1 N–H and O–H groups in total. The molecule has 5 nitrogen and oxygen atoms in total. The zero-order chi connectivity index (χ0) is 16.8. The number of hydrogen-bond donors (Lipinski definition) is 1. The van der Waals surface area contributed by atoms with E-state index in [4.69, 9.17) is 9.15 Å². The molecule has 1 amide bonds. The monoisotopic (exact) mass is 319 g/mol. The Kier molecular flexibility index (Phi) is 6.02. The lowest BCUT2D eigenvalue weighted by atomic mass is 9.97. The van der Waals surface area contributed by atoms with E-state index < -0.39 is 12.1 Å². The Morgan fingerprint density at radius 3 is 2.74 bits per heavy atom. The number of esters is 1. The highest BCUT2D eigenvalue weighted by atomic mass is 16.5. The third-order valence-electron chi connectivity index (χ3n) is 4.04. The fourth-order valence-electron chi connectivity index (χ4n) is 2.73. The minimum Gasteiger partial charge on any atom is -0.466 e. The van der Waals surface area contributed by atoms with E-state index >= 15 is 0 Å². The highest BCUT2D eigenvalue weighted by Crippen LogP contribution is 2.19. The van der Waals surface area contributed by atoms with E-state index in [1.165, 1.54) is 18.4 Å². The summed E-state index contributed by atoms with van der Waals surface area (Å²) in [5.41, 5.74) is 1.78. The molecule has 2 rings (SSSR count). The SMILES string of the molecule is Cc1cc(C(=O)O[C@@H](C)C(=O)NCCC2=CCCCC2)c(C)o1. The molecule has 126 valence electrons. The van der Waals surface area contributed by atoms with Gasteiger partial charge in [0.05, 0.1) is 0 Å². The molecule has 5 heteroatoms. The van der Waals surface area contributed by atoms with E-state index in [0.717, 1.165) is 19.3 Å². The van der Waals surface area contributed by atoms with Gasteiger partial charge in [0.1, 0.15) is 17.1 Å². The van der Waals surface area contributed by atoms with Crippen LogP contribution in [-0.2, 0) is 9.53 Å².